The number of rotatable bonds is 7. The molecule has 1 aliphatic heterocycles. The van der Waals surface area contributed by atoms with Crippen LogP contribution >= 0.6 is 0 Å². The van der Waals surface area contributed by atoms with Crippen molar-refractivity contribution in [3.63, 3.8) is 0 Å². The van der Waals surface area contributed by atoms with E-state index in [-0.39, 0.29) is 24.4 Å². The fourth-order valence-corrected chi connectivity index (χ4v) is 3.90. The second-order valence-corrected chi connectivity index (χ2v) is 7.14. The molecule has 2 aromatic rings. The monoisotopic (exact) mass is 424 g/mol. The van der Waals surface area contributed by atoms with E-state index in [4.69, 9.17) is 4.74 Å². The van der Waals surface area contributed by atoms with Crippen LogP contribution in [0.3, 0.4) is 0 Å². The highest BCUT2D eigenvalue weighted by Crippen LogP contribution is 2.33. The van der Waals surface area contributed by atoms with E-state index in [0.29, 0.717) is 11.3 Å². The van der Waals surface area contributed by atoms with E-state index in [9.17, 15) is 23.1 Å². The summed E-state index contributed by atoms with van der Waals surface area (Å²) in [6, 6.07) is 12.1. The molecule has 1 saturated heterocycles. The third-order valence-electron chi connectivity index (χ3n) is 5.18. The minimum absolute atomic E-state index is 0.102. The van der Waals surface area contributed by atoms with E-state index >= 15 is 0 Å². The van der Waals surface area contributed by atoms with Crippen LogP contribution in [0.15, 0.2) is 48.5 Å². The van der Waals surface area contributed by atoms with Gasteiger partial charge in [0.05, 0.1) is 13.0 Å². The van der Waals surface area contributed by atoms with E-state index in [1.807, 2.05) is 30.3 Å². The number of ether oxygens (including phenoxy) is 2. The van der Waals surface area contributed by atoms with E-state index in [2.05, 4.69) is 15.4 Å². The SMILES string of the molecule is COc1ccc(OC(F)(F)F)cc1CN[C@@H]1[C@@H](C(=O)O)[C@H](C)N[C@H]1c1ccccc1. The van der Waals surface area contributed by atoms with Gasteiger partial charge in [0.1, 0.15) is 11.5 Å². The second kappa shape index (κ2) is 8.93. The van der Waals surface area contributed by atoms with E-state index in [0.717, 1.165) is 5.56 Å². The standard InChI is InChI=1S/C21H23F3N2O4/c1-12-17(20(27)28)19(18(26-12)13-6-4-3-5-7-13)25-11-14-10-15(30-21(22,23)24)8-9-16(14)29-2/h3-10,12,17-19,25-26H,11H2,1-2H3,(H,27,28)/t12-,17-,18-,19+/m0/s1. The Morgan fingerprint density at radius 3 is 2.50 bits per heavy atom. The van der Waals surface area contributed by atoms with Gasteiger partial charge in [0.15, 0.2) is 0 Å². The predicted molar refractivity (Wildman–Crippen MR) is 103 cm³/mol. The van der Waals surface area contributed by atoms with Crippen LogP contribution in [-0.2, 0) is 11.3 Å². The Labute approximate surface area is 172 Å². The Morgan fingerprint density at radius 1 is 1.20 bits per heavy atom. The molecule has 6 nitrogen and oxygen atoms in total. The van der Waals surface area contributed by atoms with Crippen molar-refractivity contribution in [1.82, 2.24) is 10.6 Å². The van der Waals surface area contributed by atoms with Crippen LogP contribution in [0.2, 0.25) is 0 Å². The molecule has 30 heavy (non-hydrogen) atoms. The topological polar surface area (TPSA) is 79.8 Å². The lowest BCUT2D eigenvalue weighted by atomic mass is 9.91. The number of carbonyl (C=O) groups is 1. The minimum atomic E-state index is -4.81. The lowest BCUT2D eigenvalue weighted by Crippen LogP contribution is -2.41. The summed E-state index contributed by atoms with van der Waals surface area (Å²) in [7, 11) is 1.41. The number of benzene rings is 2. The first kappa shape index (κ1) is 21.9. The maximum Gasteiger partial charge on any atom is 0.573 e. The third-order valence-corrected chi connectivity index (χ3v) is 5.18. The summed E-state index contributed by atoms with van der Waals surface area (Å²) < 4.78 is 46.9. The van der Waals surface area contributed by atoms with Crippen molar-refractivity contribution in [1.29, 1.82) is 0 Å². The minimum Gasteiger partial charge on any atom is -0.496 e. The molecule has 0 bridgehead atoms. The zero-order valence-corrected chi connectivity index (χ0v) is 16.4. The molecule has 0 aromatic heterocycles. The number of nitrogens with one attached hydrogen (secondary N) is 2. The number of hydrogen-bond acceptors (Lipinski definition) is 5. The number of methoxy groups -OCH3 is 1. The highest BCUT2D eigenvalue weighted by Gasteiger charge is 2.45. The summed E-state index contributed by atoms with van der Waals surface area (Å²) in [5.74, 6) is -1.67. The van der Waals surface area contributed by atoms with Crippen LogP contribution < -0.4 is 20.1 Å². The van der Waals surface area contributed by atoms with Gasteiger partial charge in [-0.3, -0.25) is 4.79 Å². The molecule has 4 atom stereocenters. The van der Waals surface area contributed by atoms with Crippen LogP contribution in [0.1, 0.15) is 24.1 Å². The third kappa shape index (κ3) is 5.03. The average Bonchev–Trinajstić information content (AvgIpc) is 3.02. The summed E-state index contributed by atoms with van der Waals surface area (Å²) in [4.78, 5) is 11.9. The largest absolute Gasteiger partial charge is 0.573 e. The van der Waals surface area contributed by atoms with Gasteiger partial charge in [0.25, 0.3) is 0 Å². The molecule has 0 radical (unpaired) electrons. The molecule has 0 saturated carbocycles. The summed E-state index contributed by atoms with van der Waals surface area (Å²) >= 11 is 0. The predicted octanol–water partition coefficient (Wildman–Crippen LogP) is 3.49. The number of alkyl halides is 3. The summed E-state index contributed by atoms with van der Waals surface area (Å²) in [5, 5.41) is 16.3. The lowest BCUT2D eigenvalue weighted by Gasteiger charge is -2.25. The van der Waals surface area contributed by atoms with Gasteiger partial charge in [0.2, 0.25) is 0 Å². The normalized spacial score (nSPS) is 23.9. The first-order valence-corrected chi connectivity index (χ1v) is 9.39. The Morgan fingerprint density at radius 2 is 1.90 bits per heavy atom. The van der Waals surface area contributed by atoms with Crippen molar-refractivity contribution in [2.75, 3.05) is 7.11 Å². The van der Waals surface area contributed by atoms with E-state index in [1.165, 1.54) is 25.3 Å². The Bertz CT molecular complexity index is 876. The molecule has 3 rings (SSSR count). The van der Waals surface area contributed by atoms with E-state index < -0.39 is 24.3 Å². The molecular formula is C21H23F3N2O4. The van der Waals surface area contributed by atoms with Gasteiger partial charge < -0.3 is 25.2 Å². The Balaban J connectivity index is 1.85. The number of aliphatic carboxylic acids is 1. The average molecular weight is 424 g/mol. The van der Waals surface area contributed by atoms with Gasteiger partial charge in [-0.15, -0.1) is 13.2 Å². The van der Waals surface area contributed by atoms with Crippen molar-refractivity contribution < 1.29 is 32.5 Å². The smallest absolute Gasteiger partial charge is 0.496 e. The van der Waals surface area contributed by atoms with Gasteiger partial charge in [0, 0.05) is 30.2 Å². The van der Waals surface area contributed by atoms with Gasteiger partial charge in [-0.2, -0.15) is 0 Å². The van der Waals surface area contributed by atoms with Gasteiger partial charge >= 0.3 is 12.3 Å². The number of carboxylic acids is 1. The molecular weight excluding hydrogens is 401 g/mol. The molecule has 9 heteroatoms. The fourth-order valence-electron chi connectivity index (χ4n) is 3.90. The van der Waals surface area contributed by atoms with E-state index in [1.54, 1.807) is 6.92 Å². The molecule has 3 N–H and O–H groups in total. The highest BCUT2D eigenvalue weighted by molar-refractivity contribution is 5.72. The van der Waals surface area contributed by atoms with Crippen LogP contribution in [-0.4, -0.2) is 36.6 Å². The molecule has 2 aromatic carbocycles. The Kier molecular flexibility index (Phi) is 6.52. The highest BCUT2D eigenvalue weighted by atomic mass is 19.4. The molecule has 162 valence electrons. The summed E-state index contributed by atoms with van der Waals surface area (Å²) in [6.45, 7) is 1.90. The number of carboxylic acid groups (broad SMARTS) is 1. The maximum absolute atomic E-state index is 12.6. The van der Waals surface area contributed by atoms with Crippen molar-refractivity contribution in [2.24, 2.45) is 5.92 Å². The first-order chi connectivity index (χ1) is 14.2. The van der Waals surface area contributed by atoms with Gasteiger partial charge in [-0.1, -0.05) is 30.3 Å². The lowest BCUT2D eigenvalue weighted by molar-refractivity contribution is -0.274. The quantitative estimate of drug-likeness (QED) is 0.632. The molecule has 0 spiro atoms. The zero-order chi connectivity index (χ0) is 21.9. The Hall–Kier alpha value is -2.78. The van der Waals surface area contributed by atoms with Gasteiger partial charge in [-0.25, -0.2) is 0 Å². The molecule has 1 heterocycles. The first-order valence-electron chi connectivity index (χ1n) is 9.39. The number of halogens is 3. The molecule has 0 amide bonds. The maximum atomic E-state index is 12.6. The van der Waals surface area contributed by atoms with Gasteiger partial charge in [-0.05, 0) is 30.7 Å². The summed E-state index contributed by atoms with van der Waals surface area (Å²) in [6.07, 6.45) is -4.81. The van der Waals surface area contributed by atoms with Crippen LogP contribution in [0, 0.1) is 5.92 Å². The van der Waals surface area contributed by atoms with Crippen molar-refractivity contribution >= 4 is 5.97 Å². The fraction of sp³-hybridized carbons (Fsp3) is 0.381. The van der Waals surface area contributed by atoms with Crippen LogP contribution in [0.5, 0.6) is 11.5 Å². The van der Waals surface area contributed by atoms with Crippen molar-refractivity contribution in [3.8, 4) is 11.5 Å². The number of hydrogen-bond donors (Lipinski definition) is 3. The zero-order valence-electron chi connectivity index (χ0n) is 16.4. The van der Waals surface area contributed by atoms with Crippen LogP contribution in [0.4, 0.5) is 13.2 Å². The van der Waals surface area contributed by atoms with Crippen molar-refractivity contribution in [2.45, 2.75) is 38.0 Å². The summed E-state index contributed by atoms with van der Waals surface area (Å²) in [5.41, 5.74) is 1.35. The van der Waals surface area contributed by atoms with Crippen LogP contribution in [0.25, 0.3) is 0 Å². The second-order valence-electron chi connectivity index (χ2n) is 7.14. The molecule has 1 fully saturated rings. The molecule has 0 aliphatic carbocycles. The van der Waals surface area contributed by atoms with Crippen molar-refractivity contribution in [3.05, 3.63) is 59.7 Å². The molecule has 0 unspecified atom stereocenters. The molecule has 1 aliphatic rings.